The highest BCUT2D eigenvalue weighted by Crippen LogP contribution is 2.31. The van der Waals surface area contributed by atoms with Crippen molar-refractivity contribution in [1.82, 2.24) is 10.2 Å². The minimum absolute atomic E-state index is 0. The summed E-state index contributed by atoms with van der Waals surface area (Å²) in [5.74, 6) is 0.766. The van der Waals surface area contributed by atoms with Gasteiger partial charge in [0.2, 0.25) is 0 Å². The van der Waals surface area contributed by atoms with E-state index in [4.69, 9.17) is 4.74 Å². The molecule has 1 saturated heterocycles. The smallest absolute Gasteiger partial charge is 0.119 e. The Labute approximate surface area is 140 Å². The number of hydrogen-bond donors (Lipinski definition) is 1. The van der Waals surface area contributed by atoms with Crippen molar-refractivity contribution in [3.8, 4) is 5.75 Å². The van der Waals surface area contributed by atoms with Crippen LogP contribution in [0.1, 0.15) is 11.6 Å². The molecule has 1 atom stereocenters. The zero-order valence-corrected chi connectivity index (χ0v) is 14.5. The average Bonchev–Trinajstić information content (AvgIpc) is 2.43. The lowest BCUT2D eigenvalue weighted by molar-refractivity contribution is 0.147. The number of alkyl halides is 1. The number of nitrogens with one attached hydrogen (secondary N) is 1. The molecule has 0 amide bonds. The van der Waals surface area contributed by atoms with Crippen LogP contribution < -0.4 is 10.1 Å². The van der Waals surface area contributed by atoms with Crippen LogP contribution in [0.15, 0.2) is 22.7 Å². The molecule has 116 valence electrons. The minimum Gasteiger partial charge on any atom is -0.497 e. The summed E-state index contributed by atoms with van der Waals surface area (Å²) in [5.41, 5.74) is 0.957. The van der Waals surface area contributed by atoms with Gasteiger partial charge in [-0.05, 0) is 23.8 Å². The van der Waals surface area contributed by atoms with Crippen LogP contribution in [0.3, 0.4) is 0 Å². The standard InChI is InChI=1S/C13H18BrFN2O.2ClH/c1-18-10-2-3-12(14)11(8-10)13(9-15)17-6-4-16-5-7-17;;/h2-3,8,13,16H,4-7,9H2,1H3;2*1H/t13-;;/m1../s1. The van der Waals surface area contributed by atoms with Gasteiger partial charge in [0, 0.05) is 30.7 Å². The van der Waals surface area contributed by atoms with Gasteiger partial charge in [-0.2, -0.15) is 0 Å². The number of rotatable bonds is 4. The first kappa shape index (κ1) is 19.9. The molecule has 1 aliphatic rings. The lowest BCUT2D eigenvalue weighted by atomic mass is 10.1. The molecule has 0 saturated carbocycles. The zero-order chi connectivity index (χ0) is 13.0. The largest absolute Gasteiger partial charge is 0.497 e. The molecule has 0 aromatic heterocycles. The van der Waals surface area contributed by atoms with Crippen LogP contribution in [0.25, 0.3) is 0 Å². The first-order valence-corrected chi connectivity index (χ1v) is 6.89. The number of piperazine rings is 1. The summed E-state index contributed by atoms with van der Waals surface area (Å²) in [5, 5.41) is 3.28. The second-order valence-electron chi connectivity index (χ2n) is 4.34. The quantitative estimate of drug-likeness (QED) is 0.855. The summed E-state index contributed by atoms with van der Waals surface area (Å²) in [7, 11) is 1.63. The predicted octanol–water partition coefficient (Wildman–Crippen LogP) is 3.22. The summed E-state index contributed by atoms with van der Waals surface area (Å²) < 4.78 is 19.6. The summed E-state index contributed by atoms with van der Waals surface area (Å²) >= 11 is 3.50. The van der Waals surface area contributed by atoms with Gasteiger partial charge in [-0.25, -0.2) is 4.39 Å². The number of hydrogen-bond acceptors (Lipinski definition) is 3. The number of benzene rings is 1. The molecule has 2 rings (SSSR count). The van der Waals surface area contributed by atoms with Crippen molar-refractivity contribution in [1.29, 1.82) is 0 Å². The molecule has 20 heavy (non-hydrogen) atoms. The highest BCUT2D eigenvalue weighted by molar-refractivity contribution is 9.10. The van der Waals surface area contributed by atoms with Crippen molar-refractivity contribution < 1.29 is 9.13 Å². The van der Waals surface area contributed by atoms with Crippen molar-refractivity contribution in [2.24, 2.45) is 0 Å². The van der Waals surface area contributed by atoms with Gasteiger partial charge >= 0.3 is 0 Å². The molecule has 0 bridgehead atoms. The van der Waals surface area contributed by atoms with Gasteiger partial charge in [0.15, 0.2) is 0 Å². The average molecular weight is 390 g/mol. The summed E-state index contributed by atoms with van der Waals surface area (Å²) in [6.07, 6.45) is 0. The molecule has 1 heterocycles. The Morgan fingerprint density at radius 3 is 2.55 bits per heavy atom. The molecule has 1 aromatic rings. The molecule has 1 aromatic carbocycles. The van der Waals surface area contributed by atoms with Crippen molar-refractivity contribution in [3.63, 3.8) is 0 Å². The molecular weight excluding hydrogens is 370 g/mol. The van der Waals surface area contributed by atoms with E-state index in [2.05, 4.69) is 26.1 Å². The van der Waals surface area contributed by atoms with E-state index < -0.39 is 0 Å². The van der Waals surface area contributed by atoms with Crippen LogP contribution in [-0.4, -0.2) is 44.9 Å². The molecule has 1 aliphatic heterocycles. The van der Waals surface area contributed by atoms with E-state index in [0.29, 0.717) is 0 Å². The van der Waals surface area contributed by atoms with E-state index in [1.165, 1.54) is 0 Å². The molecule has 0 aliphatic carbocycles. The number of methoxy groups -OCH3 is 1. The summed E-state index contributed by atoms with van der Waals surface area (Å²) in [6.45, 7) is 3.19. The Kier molecular flexibility index (Phi) is 9.76. The maximum Gasteiger partial charge on any atom is 0.119 e. The van der Waals surface area contributed by atoms with Crippen LogP contribution in [0.2, 0.25) is 0 Å². The van der Waals surface area contributed by atoms with Crippen LogP contribution in [0.5, 0.6) is 5.75 Å². The normalized spacial score (nSPS) is 16.8. The van der Waals surface area contributed by atoms with Crippen LogP contribution in [-0.2, 0) is 0 Å². The van der Waals surface area contributed by atoms with Gasteiger partial charge in [-0.1, -0.05) is 15.9 Å². The first-order chi connectivity index (χ1) is 8.76. The zero-order valence-electron chi connectivity index (χ0n) is 11.3. The number of nitrogens with zero attached hydrogens (tertiary/aromatic N) is 1. The fourth-order valence-corrected chi connectivity index (χ4v) is 2.79. The van der Waals surface area contributed by atoms with Crippen LogP contribution in [0, 0.1) is 0 Å². The first-order valence-electron chi connectivity index (χ1n) is 6.10. The van der Waals surface area contributed by atoms with Gasteiger partial charge in [-0.3, -0.25) is 4.90 Å². The van der Waals surface area contributed by atoms with Crippen molar-refractivity contribution in [3.05, 3.63) is 28.2 Å². The molecule has 7 heteroatoms. The van der Waals surface area contributed by atoms with Gasteiger partial charge in [0.1, 0.15) is 12.4 Å². The van der Waals surface area contributed by atoms with Crippen LogP contribution in [0.4, 0.5) is 4.39 Å². The van der Waals surface area contributed by atoms with E-state index in [-0.39, 0.29) is 37.5 Å². The monoisotopic (exact) mass is 388 g/mol. The molecule has 1 N–H and O–H groups in total. The lowest BCUT2D eigenvalue weighted by Gasteiger charge is -2.34. The van der Waals surface area contributed by atoms with E-state index in [0.717, 1.165) is 42.0 Å². The SMILES string of the molecule is COc1ccc(Br)c([C@@H](CF)N2CCNCC2)c1.Cl.Cl. The fraction of sp³-hybridized carbons (Fsp3) is 0.538. The van der Waals surface area contributed by atoms with E-state index >= 15 is 0 Å². The molecule has 3 nitrogen and oxygen atoms in total. The topological polar surface area (TPSA) is 24.5 Å². The van der Waals surface area contributed by atoms with E-state index in [1.54, 1.807) is 7.11 Å². The Hall–Kier alpha value is -0.0700. The third-order valence-electron chi connectivity index (χ3n) is 3.30. The molecule has 0 radical (unpaired) electrons. The van der Waals surface area contributed by atoms with E-state index in [1.807, 2.05) is 18.2 Å². The summed E-state index contributed by atoms with van der Waals surface area (Å²) in [4.78, 5) is 2.18. The van der Waals surface area contributed by atoms with Gasteiger partial charge in [0.05, 0.1) is 13.2 Å². The van der Waals surface area contributed by atoms with Crippen molar-refractivity contribution in [2.75, 3.05) is 40.0 Å². The fourth-order valence-electron chi connectivity index (χ4n) is 2.28. The van der Waals surface area contributed by atoms with Crippen molar-refractivity contribution in [2.45, 2.75) is 6.04 Å². The highest BCUT2D eigenvalue weighted by atomic mass is 79.9. The molecule has 0 spiro atoms. The Bertz CT molecular complexity index is 406. The molecule has 1 fully saturated rings. The molecular formula is C13H20BrCl2FN2O. The highest BCUT2D eigenvalue weighted by Gasteiger charge is 2.24. The maximum atomic E-state index is 13.4. The third kappa shape index (κ3) is 4.74. The Balaban J connectivity index is 0.00000180. The number of halogens is 4. The Morgan fingerprint density at radius 1 is 1.35 bits per heavy atom. The van der Waals surface area contributed by atoms with Gasteiger partial charge in [0.25, 0.3) is 0 Å². The van der Waals surface area contributed by atoms with Crippen molar-refractivity contribution >= 4 is 40.7 Å². The second-order valence-corrected chi connectivity index (χ2v) is 5.20. The Morgan fingerprint density at radius 2 is 2.00 bits per heavy atom. The third-order valence-corrected chi connectivity index (χ3v) is 4.02. The molecule has 0 unspecified atom stereocenters. The van der Waals surface area contributed by atoms with Gasteiger partial charge in [-0.15, -0.1) is 24.8 Å². The summed E-state index contributed by atoms with van der Waals surface area (Å²) in [6, 6.07) is 5.51. The lowest BCUT2D eigenvalue weighted by Crippen LogP contribution is -2.45. The minimum atomic E-state index is -0.383. The van der Waals surface area contributed by atoms with Gasteiger partial charge < -0.3 is 10.1 Å². The van der Waals surface area contributed by atoms with Crippen LogP contribution >= 0.6 is 40.7 Å². The predicted molar refractivity (Wildman–Crippen MR) is 88.3 cm³/mol. The number of ether oxygens (including phenoxy) is 1. The second kappa shape index (κ2) is 9.79. The van der Waals surface area contributed by atoms with E-state index in [9.17, 15) is 4.39 Å². The maximum absolute atomic E-state index is 13.4.